The van der Waals surface area contributed by atoms with Crippen molar-refractivity contribution in [3.8, 4) is 0 Å². The van der Waals surface area contributed by atoms with Crippen LogP contribution in [0.2, 0.25) is 0 Å². The Morgan fingerprint density at radius 3 is 2.10 bits per heavy atom. The highest BCUT2D eigenvalue weighted by Crippen LogP contribution is 2.63. The van der Waals surface area contributed by atoms with Crippen molar-refractivity contribution < 1.29 is 8.42 Å². The van der Waals surface area contributed by atoms with E-state index in [1.54, 1.807) is 12.1 Å². The van der Waals surface area contributed by atoms with E-state index in [4.69, 9.17) is 5.73 Å². The molecule has 1 aliphatic carbocycles. The number of rotatable bonds is 4. The molecule has 2 rings (SSSR count). The fourth-order valence-corrected chi connectivity index (χ4v) is 3.55. The van der Waals surface area contributed by atoms with Crippen LogP contribution in [0.1, 0.15) is 27.7 Å². The Labute approximate surface area is 121 Å². The first kappa shape index (κ1) is 15.1. The molecule has 0 amide bonds. The van der Waals surface area contributed by atoms with E-state index < -0.39 is 10.0 Å². The number of hydrogen-bond acceptors (Lipinski definition) is 4. The minimum atomic E-state index is -3.51. The molecule has 112 valence electrons. The summed E-state index contributed by atoms with van der Waals surface area (Å²) in [5, 5.41) is 3.44. The average Bonchev–Trinajstić information content (AvgIpc) is 2.71. The molecule has 1 aromatic carbocycles. The molecule has 0 aromatic heterocycles. The van der Waals surface area contributed by atoms with Gasteiger partial charge in [0.15, 0.2) is 0 Å². The smallest absolute Gasteiger partial charge is 0.242 e. The molecule has 1 fully saturated rings. The summed E-state index contributed by atoms with van der Waals surface area (Å²) in [6.45, 7) is 8.86. The molecule has 0 spiro atoms. The first-order valence-corrected chi connectivity index (χ1v) is 8.12. The van der Waals surface area contributed by atoms with Crippen molar-refractivity contribution in [3.63, 3.8) is 0 Å². The van der Waals surface area contributed by atoms with Crippen LogP contribution in [0.3, 0.4) is 0 Å². The molecular formula is C14H23N3O2S. The van der Waals surface area contributed by atoms with Gasteiger partial charge < -0.3 is 11.1 Å². The van der Waals surface area contributed by atoms with E-state index in [0.717, 1.165) is 5.69 Å². The third-order valence-electron chi connectivity index (χ3n) is 4.90. The van der Waals surface area contributed by atoms with Crippen molar-refractivity contribution in [2.24, 2.45) is 10.8 Å². The SMILES string of the molecule is CNS(=O)(=O)c1ccc(NC2C(C)(C)C2(C)C)cc1N. The molecule has 6 heteroatoms. The Bertz CT molecular complexity index is 622. The minimum absolute atomic E-state index is 0.111. The van der Waals surface area contributed by atoms with Crippen molar-refractivity contribution in [2.45, 2.75) is 38.6 Å². The molecule has 1 aromatic rings. The molecule has 1 saturated carbocycles. The van der Waals surface area contributed by atoms with Gasteiger partial charge in [0.05, 0.1) is 5.69 Å². The summed E-state index contributed by atoms with van der Waals surface area (Å²) in [6, 6.07) is 5.31. The molecule has 0 heterocycles. The van der Waals surface area contributed by atoms with Crippen LogP contribution < -0.4 is 15.8 Å². The summed E-state index contributed by atoms with van der Waals surface area (Å²) in [5.41, 5.74) is 7.37. The van der Waals surface area contributed by atoms with Gasteiger partial charge in [-0.3, -0.25) is 0 Å². The highest BCUT2D eigenvalue weighted by Gasteiger charge is 2.64. The fourth-order valence-electron chi connectivity index (χ4n) is 2.72. The zero-order valence-electron chi connectivity index (χ0n) is 12.6. The van der Waals surface area contributed by atoms with Crippen molar-refractivity contribution in [1.82, 2.24) is 4.72 Å². The van der Waals surface area contributed by atoms with Gasteiger partial charge in [0.2, 0.25) is 10.0 Å². The van der Waals surface area contributed by atoms with Gasteiger partial charge in [0.25, 0.3) is 0 Å². The maximum atomic E-state index is 11.8. The average molecular weight is 297 g/mol. The predicted molar refractivity (Wildman–Crippen MR) is 82.1 cm³/mol. The molecule has 4 N–H and O–H groups in total. The quantitative estimate of drug-likeness (QED) is 0.742. The lowest BCUT2D eigenvalue weighted by Gasteiger charge is -2.12. The molecular weight excluding hydrogens is 274 g/mol. The van der Waals surface area contributed by atoms with E-state index >= 15 is 0 Å². The lowest BCUT2D eigenvalue weighted by Crippen LogP contribution is -2.20. The number of benzene rings is 1. The molecule has 0 bridgehead atoms. The standard InChI is InChI=1S/C14H23N3O2S/c1-13(2)12(14(13,3)4)17-9-6-7-11(10(15)8-9)20(18,19)16-5/h6-8,12,16-17H,15H2,1-5H3. The summed E-state index contributed by atoms with van der Waals surface area (Å²) in [6.07, 6.45) is 0. The van der Waals surface area contributed by atoms with E-state index in [1.165, 1.54) is 13.1 Å². The number of hydrogen-bond donors (Lipinski definition) is 3. The van der Waals surface area contributed by atoms with Crippen LogP contribution in [0.15, 0.2) is 23.1 Å². The highest BCUT2D eigenvalue weighted by molar-refractivity contribution is 7.89. The van der Waals surface area contributed by atoms with Crippen molar-refractivity contribution in [3.05, 3.63) is 18.2 Å². The zero-order chi connectivity index (χ0) is 15.3. The largest absolute Gasteiger partial charge is 0.398 e. The highest BCUT2D eigenvalue weighted by atomic mass is 32.2. The van der Waals surface area contributed by atoms with Gasteiger partial charge >= 0.3 is 0 Å². The van der Waals surface area contributed by atoms with E-state index in [0.29, 0.717) is 6.04 Å². The normalized spacial score (nSPS) is 20.6. The van der Waals surface area contributed by atoms with Gasteiger partial charge in [-0.2, -0.15) is 0 Å². The predicted octanol–water partition coefficient (Wildman–Crippen LogP) is 2.02. The van der Waals surface area contributed by atoms with Crippen LogP contribution in [0.4, 0.5) is 11.4 Å². The molecule has 20 heavy (non-hydrogen) atoms. The van der Waals surface area contributed by atoms with E-state index in [9.17, 15) is 8.42 Å². The number of nitrogens with two attached hydrogens (primary N) is 1. The van der Waals surface area contributed by atoms with Gasteiger partial charge in [0, 0.05) is 11.7 Å². The Morgan fingerprint density at radius 2 is 1.70 bits per heavy atom. The molecule has 0 unspecified atom stereocenters. The van der Waals surface area contributed by atoms with E-state index in [2.05, 4.69) is 37.7 Å². The molecule has 1 aliphatic rings. The summed E-state index contributed by atoms with van der Waals surface area (Å²) in [5.74, 6) is 0. The van der Waals surface area contributed by atoms with Gasteiger partial charge in [0.1, 0.15) is 4.90 Å². The van der Waals surface area contributed by atoms with Crippen LogP contribution in [-0.4, -0.2) is 21.5 Å². The molecule has 0 aliphatic heterocycles. The van der Waals surface area contributed by atoms with Gasteiger partial charge in [-0.15, -0.1) is 0 Å². The summed E-state index contributed by atoms with van der Waals surface area (Å²) >= 11 is 0. The molecule has 5 nitrogen and oxygen atoms in total. The van der Waals surface area contributed by atoms with Crippen LogP contribution in [0, 0.1) is 10.8 Å². The Kier molecular flexibility index (Phi) is 3.30. The summed E-state index contributed by atoms with van der Waals surface area (Å²) < 4.78 is 25.8. The number of nitrogens with one attached hydrogen (secondary N) is 2. The maximum absolute atomic E-state index is 11.8. The number of nitrogen functional groups attached to an aromatic ring is 1. The molecule has 0 saturated heterocycles. The lowest BCUT2D eigenvalue weighted by atomic mass is 10.0. The number of anilines is 2. The fraction of sp³-hybridized carbons (Fsp3) is 0.571. The lowest BCUT2D eigenvalue weighted by molar-refractivity contribution is 0.457. The van der Waals surface area contributed by atoms with Crippen LogP contribution in [0.25, 0.3) is 0 Å². The Hall–Kier alpha value is -1.27. The van der Waals surface area contributed by atoms with Crippen molar-refractivity contribution in [1.29, 1.82) is 0 Å². The third-order valence-corrected chi connectivity index (χ3v) is 6.39. The molecule has 0 radical (unpaired) electrons. The maximum Gasteiger partial charge on any atom is 0.242 e. The second-order valence-electron chi connectivity index (χ2n) is 6.48. The monoisotopic (exact) mass is 297 g/mol. The summed E-state index contributed by atoms with van der Waals surface area (Å²) in [4.78, 5) is 0.111. The van der Waals surface area contributed by atoms with Gasteiger partial charge in [-0.05, 0) is 36.1 Å². The van der Waals surface area contributed by atoms with E-state index in [1.807, 2.05) is 0 Å². The third kappa shape index (κ3) is 2.16. The Balaban J connectivity index is 2.24. The second-order valence-corrected chi connectivity index (χ2v) is 8.34. The Morgan fingerprint density at radius 1 is 1.15 bits per heavy atom. The number of sulfonamides is 1. The van der Waals surface area contributed by atoms with E-state index in [-0.39, 0.29) is 21.4 Å². The summed E-state index contributed by atoms with van der Waals surface area (Å²) in [7, 11) is -2.14. The topological polar surface area (TPSA) is 84.2 Å². The van der Waals surface area contributed by atoms with Crippen molar-refractivity contribution >= 4 is 21.4 Å². The van der Waals surface area contributed by atoms with Crippen LogP contribution in [0.5, 0.6) is 0 Å². The van der Waals surface area contributed by atoms with Gasteiger partial charge in [-0.25, -0.2) is 13.1 Å². The molecule has 0 atom stereocenters. The van der Waals surface area contributed by atoms with Crippen LogP contribution >= 0.6 is 0 Å². The first-order valence-electron chi connectivity index (χ1n) is 6.63. The van der Waals surface area contributed by atoms with Crippen LogP contribution in [-0.2, 0) is 10.0 Å². The zero-order valence-corrected chi connectivity index (χ0v) is 13.4. The van der Waals surface area contributed by atoms with Crippen molar-refractivity contribution in [2.75, 3.05) is 18.1 Å². The second kappa shape index (κ2) is 4.36. The first-order chi connectivity index (χ1) is 9.04. The van der Waals surface area contributed by atoms with Gasteiger partial charge in [-0.1, -0.05) is 27.7 Å². The minimum Gasteiger partial charge on any atom is -0.398 e.